The van der Waals surface area contributed by atoms with Crippen molar-refractivity contribution in [2.45, 2.75) is 42.7 Å². The molecule has 0 bridgehead atoms. The number of carbonyl (C=O) groups is 3. The number of ether oxygens (including phenoxy) is 2. The van der Waals surface area contributed by atoms with Crippen molar-refractivity contribution in [2.75, 3.05) is 26.8 Å². The number of fused-ring (bicyclic) bond motifs is 3. The average molecular weight is 465 g/mol. The molecule has 1 atom stereocenters. The van der Waals surface area contributed by atoms with Gasteiger partial charge in [-0.05, 0) is 35.1 Å². The Labute approximate surface area is 197 Å². The van der Waals surface area contributed by atoms with Gasteiger partial charge in [0.1, 0.15) is 6.61 Å². The van der Waals surface area contributed by atoms with Gasteiger partial charge in [-0.25, -0.2) is 9.59 Å². The lowest BCUT2D eigenvalue weighted by Crippen LogP contribution is -2.46. The summed E-state index contributed by atoms with van der Waals surface area (Å²) in [7, 11) is 1.35. The third kappa shape index (κ3) is 3.92. The van der Waals surface area contributed by atoms with Crippen molar-refractivity contribution in [3.05, 3.63) is 59.7 Å². The summed E-state index contributed by atoms with van der Waals surface area (Å²) in [6.07, 6.45) is 1.20. The maximum atomic E-state index is 12.8. The molecule has 0 spiro atoms. The number of amides is 2. The molecular weight excluding hydrogens is 436 g/mol. The first-order valence-corrected chi connectivity index (χ1v) is 11.6. The molecule has 1 unspecified atom stereocenters. The number of carbonyl (C=O) groups excluding carboxylic acids is 2. The SMILES string of the molecule is COC1(C(=O)O)CCN(C(=O)CC2(NC(=O)OCC3c4ccccc4-c4ccccc43)CC2)C1. The molecule has 2 amide bonds. The highest BCUT2D eigenvalue weighted by molar-refractivity contribution is 5.84. The van der Waals surface area contributed by atoms with Gasteiger partial charge in [0.2, 0.25) is 5.91 Å². The maximum absolute atomic E-state index is 12.8. The third-order valence-electron chi connectivity index (χ3n) is 7.42. The van der Waals surface area contributed by atoms with Crippen LogP contribution in [-0.2, 0) is 19.1 Å². The van der Waals surface area contributed by atoms with Crippen LogP contribution in [0.4, 0.5) is 4.79 Å². The lowest BCUT2D eigenvalue weighted by Gasteiger charge is -2.25. The van der Waals surface area contributed by atoms with Crippen LogP contribution in [0.25, 0.3) is 11.1 Å². The molecule has 0 radical (unpaired) electrons. The van der Waals surface area contributed by atoms with Crippen LogP contribution >= 0.6 is 0 Å². The van der Waals surface area contributed by atoms with E-state index in [1.54, 1.807) is 0 Å². The van der Waals surface area contributed by atoms with E-state index in [0.717, 1.165) is 22.3 Å². The number of carboxylic acids is 1. The van der Waals surface area contributed by atoms with E-state index in [4.69, 9.17) is 9.47 Å². The van der Waals surface area contributed by atoms with E-state index in [-0.39, 0.29) is 37.8 Å². The monoisotopic (exact) mass is 464 g/mol. The Bertz CT molecular complexity index is 1100. The minimum absolute atomic E-state index is 0.0126. The summed E-state index contributed by atoms with van der Waals surface area (Å²) >= 11 is 0. The van der Waals surface area contributed by atoms with Gasteiger partial charge in [-0.1, -0.05) is 48.5 Å². The van der Waals surface area contributed by atoms with Crippen LogP contribution in [0, 0.1) is 0 Å². The smallest absolute Gasteiger partial charge is 0.407 e. The van der Waals surface area contributed by atoms with Gasteiger partial charge in [0.25, 0.3) is 0 Å². The van der Waals surface area contributed by atoms with Gasteiger partial charge in [0.05, 0.1) is 18.5 Å². The van der Waals surface area contributed by atoms with Crippen molar-refractivity contribution in [1.82, 2.24) is 10.2 Å². The summed E-state index contributed by atoms with van der Waals surface area (Å²) in [5, 5.41) is 12.4. The molecule has 34 heavy (non-hydrogen) atoms. The number of methoxy groups -OCH3 is 1. The number of nitrogens with zero attached hydrogens (tertiary/aromatic N) is 1. The molecule has 1 aliphatic heterocycles. The van der Waals surface area contributed by atoms with Crippen LogP contribution in [0.15, 0.2) is 48.5 Å². The molecule has 0 aromatic heterocycles. The van der Waals surface area contributed by atoms with Crippen LogP contribution < -0.4 is 5.32 Å². The van der Waals surface area contributed by atoms with Crippen molar-refractivity contribution in [3.63, 3.8) is 0 Å². The number of hydrogen-bond acceptors (Lipinski definition) is 5. The molecule has 2 aromatic rings. The molecule has 1 saturated carbocycles. The van der Waals surface area contributed by atoms with Crippen molar-refractivity contribution in [3.8, 4) is 11.1 Å². The van der Waals surface area contributed by atoms with E-state index < -0.39 is 23.2 Å². The van der Waals surface area contributed by atoms with Crippen LogP contribution in [0.5, 0.6) is 0 Å². The summed E-state index contributed by atoms with van der Waals surface area (Å²) in [5.74, 6) is -1.28. The summed E-state index contributed by atoms with van der Waals surface area (Å²) < 4.78 is 10.8. The lowest BCUT2D eigenvalue weighted by molar-refractivity contribution is -0.161. The maximum Gasteiger partial charge on any atom is 0.407 e. The van der Waals surface area contributed by atoms with E-state index >= 15 is 0 Å². The fourth-order valence-electron chi connectivity index (χ4n) is 5.17. The van der Waals surface area contributed by atoms with Crippen molar-refractivity contribution < 1.29 is 29.0 Å². The molecule has 2 aromatic carbocycles. The Morgan fingerprint density at radius 1 is 1.03 bits per heavy atom. The second-order valence-corrected chi connectivity index (χ2v) is 9.48. The fourth-order valence-corrected chi connectivity index (χ4v) is 5.17. The van der Waals surface area contributed by atoms with Gasteiger partial charge in [-0.15, -0.1) is 0 Å². The van der Waals surface area contributed by atoms with Crippen LogP contribution in [0.3, 0.4) is 0 Å². The number of aliphatic carboxylic acids is 1. The topological polar surface area (TPSA) is 105 Å². The van der Waals surface area contributed by atoms with Gasteiger partial charge in [0.15, 0.2) is 5.60 Å². The summed E-state index contributed by atoms with van der Waals surface area (Å²) in [5.41, 5.74) is 2.63. The standard InChI is InChI=1S/C26H28N2O6/c1-33-26(23(30)31)12-13-28(16-26)22(29)14-25(10-11-25)27-24(32)34-15-21-19-8-4-2-6-17(19)18-7-3-5-9-20(18)21/h2-9,21H,10-16H2,1H3,(H,27,32)(H,30,31). The first kappa shape index (κ1) is 22.4. The zero-order valence-electron chi connectivity index (χ0n) is 19.1. The molecule has 3 aliphatic rings. The number of likely N-dealkylation sites (tertiary alicyclic amines) is 1. The predicted molar refractivity (Wildman–Crippen MR) is 123 cm³/mol. The number of carboxylic acid groups (broad SMARTS) is 1. The predicted octanol–water partition coefficient (Wildman–Crippen LogP) is 3.15. The first-order valence-electron chi connectivity index (χ1n) is 11.6. The molecule has 2 aliphatic carbocycles. The van der Waals surface area contributed by atoms with Crippen LogP contribution in [0.1, 0.15) is 42.7 Å². The Balaban J connectivity index is 1.18. The number of alkyl carbamates (subject to hydrolysis) is 1. The lowest BCUT2D eigenvalue weighted by atomic mass is 9.98. The quantitative estimate of drug-likeness (QED) is 0.652. The molecule has 2 N–H and O–H groups in total. The molecule has 1 saturated heterocycles. The van der Waals surface area contributed by atoms with E-state index in [1.807, 2.05) is 24.3 Å². The summed E-state index contributed by atoms with van der Waals surface area (Å²) in [6.45, 7) is 0.545. The van der Waals surface area contributed by atoms with Gasteiger partial charge >= 0.3 is 12.1 Å². The minimum atomic E-state index is -1.35. The highest BCUT2D eigenvalue weighted by Crippen LogP contribution is 2.45. The van der Waals surface area contributed by atoms with E-state index in [2.05, 4.69) is 29.6 Å². The van der Waals surface area contributed by atoms with E-state index in [9.17, 15) is 19.5 Å². The number of hydrogen-bond donors (Lipinski definition) is 2. The van der Waals surface area contributed by atoms with Crippen LogP contribution in [0.2, 0.25) is 0 Å². The average Bonchev–Trinajstić information content (AvgIpc) is 3.30. The highest BCUT2D eigenvalue weighted by Gasteiger charge is 2.51. The van der Waals surface area contributed by atoms with Gasteiger partial charge in [-0.3, -0.25) is 4.79 Å². The van der Waals surface area contributed by atoms with E-state index in [1.165, 1.54) is 12.0 Å². The summed E-state index contributed by atoms with van der Waals surface area (Å²) in [4.78, 5) is 38.6. The molecule has 1 heterocycles. The Morgan fingerprint density at radius 2 is 1.65 bits per heavy atom. The molecule has 8 nitrogen and oxygen atoms in total. The normalized spacial score (nSPS) is 22.1. The van der Waals surface area contributed by atoms with Gasteiger partial charge in [-0.2, -0.15) is 0 Å². The van der Waals surface area contributed by atoms with Crippen molar-refractivity contribution in [2.24, 2.45) is 0 Å². The molecular formula is C26H28N2O6. The second kappa shape index (κ2) is 8.43. The van der Waals surface area contributed by atoms with Crippen molar-refractivity contribution >= 4 is 18.0 Å². The molecule has 8 heteroatoms. The zero-order chi connectivity index (χ0) is 23.9. The highest BCUT2D eigenvalue weighted by atomic mass is 16.5. The van der Waals surface area contributed by atoms with Crippen molar-refractivity contribution in [1.29, 1.82) is 0 Å². The zero-order valence-corrected chi connectivity index (χ0v) is 19.1. The van der Waals surface area contributed by atoms with Gasteiger partial charge in [0, 0.05) is 26.0 Å². The van der Waals surface area contributed by atoms with Gasteiger partial charge < -0.3 is 24.8 Å². The molecule has 2 fully saturated rings. The Morgan fingerprint density at radius 3 is 2.18 bits per heavy atom. The van der Waals surface area contributed by atoms with E-state index in [0.29, 0.717) is 19.4 Å². The molecule has 178 valence electrons. The Hall–Kier alpha value is -3.39. The number of rotatable bonds is 7. The largest absolute Gasteiger partial charge is 0.479 e. The number of benzene rings is 2. The summed E-state index contributed by atoms with van der Waals surface area (Å²) in [6, 6.07) is 16.3. The first-order chi connectivity index (χ1) is 16.4. The third-order valence-corrected chi connectivity index (χ3v) is 7.42. The van der Waals surface area contributed by atoms with Crippen LogP contribution in [-0.4, -0.2) is 65.9 Å². The fraction of sp³-hybridized carbons (Fsp3) is 0.423. The minimum Gasteiger partial charge on any atom is -0.479 e. The molecule has 5 rings (SSSR count). The Kier molecular flexibility index (Phi) is 5.56. The second-order valence-electron chi connectivity index (χ2n) is 9.48. The number of nitrogens with one attached hydrogen (secondary N) is 1.